The van der Waals surface area contributed by atoms with Gasteiger partial charge in [0.1, 0.15) is 0 Å². The van der Waals surface area contributed by atoms with Crippen molar-refractivity contribution in [3.8, 4) is 0 Å². The third-order valence-electron chi connectivity index (χ3n) is 3.45. The van der Waals surface area contributed by atoms with E-state index in [-0.39, 0.29) is 12.1 Å². The van der Waals surface area contributed by atoms with E-state index in [1.807, 2.05) is 24.3 Å². The Kier molecular flexibility index (Phi) is 6.06. The summed E-state index contributed by atoms with van der Waals surface area (Å²) in [5.74, 6) is -1.77. The number of aromatic carboxylic acids is 1. The molecule has 3 rings (SSSR count). The molecule has 128 valence electrons. The van der Waals surface area contributed by atoms with Gasteiger partial charge >= 0.3 is 11.9 Å². The summed E-state index contributed by atoms with van der Waals surface area (Å²) in [5.41, 5.74) is 7.28. The zero-order chi connectivity index (χ0) is 18.2. The Morgan fingerprint density at radius 2 is 1.76 bits per heavy atom. The Labute approximate surface area is 144 Å². The van der Waals surface area contributed by atoms with Crippen LogP contribution in [0.3, 0.4) is 0 Å². The van der Waals surface area contributed by atoms with Crippen molar-refractivity contribution < 1.29 is 19.8 Å². The molecule has 0 aliphatic heterocycles. The molecule has 0 spiro atoms. The fourth-order valence-electron chi connectivity index (χ4n) is 2.29. The molecule has 0 saturated heterocycles. The highest BCUT2D eigenvalue weighted by molar-refractivity contribution is 6.01. The number of rotatable bonds is 4. The first-order chi connectivity index (χ1) is 12.0. The fraction of sp³-hybridized carbons (Fsp3) is 0.105. The van der Waals surface area contributed by atoms with Gasteiger partial charge in [0.2, 0.25) is 0 Å². The Balaban J connectivity index is 0.000000181. The van der Waals surface area contributed by atoms with Crippen molar-refractivity contribution in [3.05, 3.63) is 72.1 Å². The van der Waals surface area contributed by atoms with Crippen LogP contribution >= 0.6 is 0 Å². The minimum atomic E-state index is -0.989. The third-order valence-corrected chi connectivity index (χ3v) is 3.45. The molecule has 0 aliphatic carbocycles. The zero-order valence-corrected chi connectivity index (χ0v) is 13.4. The second-order valence-corrected chi connectivity index (χ2v) is 5.32. The average Bonchev–Trinajstić information content (AvgIpc) is 2.60. The monoisotopic (exact) mass is 338 g/mol. The molecule has 0 fully saturated rings. The van der Waals surface area contributed by atoms with Crippen LogP contribution in [0.25, 0.3) is 10.8 Å². The molecule has 0 amide bonds. The van der Waals surface area contributed by atoms with Crippen LogP contribution in [0.1, 0.15) is 22.5 Å². The molecule has 0 aliphatic rings. The van der Waals surface area contributed by atoms with Crippen LogP contribution < -0.4 is 5.73 Å². The molecule has 1 aromatic heterocycles. The number of nitrogens with zero attached hydrogens (tertiary/aromatic N) is 1. The van der Waals surface area contributed by atoms with Gasteiger partial charge in [0, 0.05) is 23.7 Å². The van der Waals surface area contributed by atoms with E-state index >= 15 is 0 Å². The molecule has 0 unspecified atom stereocenters. The second-order valence-electron chi connectivity index (χ2n) is 5.32. The van der Waals surface area contributed by atoms with Gasteiger partial charge in [0.15, 0.2) is 5.69 Å². The number of carboxylic acids is 2. The van der Waals surface area contributed by atoms with Crippen molar-refractivity contribution in [1.82, 2.24) is 4.98 Å². The van der Waals surface area contributed by atoms with Crippen LogP contribution in [0.4, 0.5) is 5.69 Å². The number of fused-ring (bicyclic) bond motifs is 1. The van der Waals surface area contributed by atoms with Crippen molar-refractivity contribution in [2.24, 2.45) is 0 Å². The maximum atomic E-state index is 10.8. The predicted molar refractivity (Wildman–Crippen MR) is 95.5 cm³/mol. The molecule has 0 saturated carbocycles. The number of carboxylic acid groups (broad SMARTS) is 2. The fourth-order valence-corrected chi connectivity index (χ4v) is 2.29. The minimum absolute atomic E-state index is 0.109. The quantitative estimate of drug-likeness (QED) is 0.629. The molecular formula is C19H18N2O4. The maximum Gasteiger partial charge on any atom is 0.355 e. The summed E-state index contributed by atoms with van der Waals surface area (Å²) in [4.78, 5) is 24.8. The summed E-state index contributed by atoms with van der Waals surface area (Å²) in [6.07, 6.45) is 2.20. The molecule has 3 aromatic rings. The van der Waals surface area contributed by atoms with E-state index in [1.165, 1.54) is 6.20 Å². The number of aromatic nitrogens is 1. The lowest BCUT2D eigenvalue weighted by molar-refractivity contribution is -0.136. The van der Waals surface area contributed by atoms with Crippen LogP contribution in [0.15, 0.2) is 60.8 Å². The third kappa shape index (κ3) is 5.31. The van der Waals surface area contributed by atoms with Gasteiger partial charge in [-0.2, -0.15) is 0 Å². The van der Waals surface area contributed by atoms with Gasteiger partial charge in [-0.05, 0) is 35.6 Å². The minimum Gasteiger partial charge on any atom is -0.481 e. The summed E-state index contributed by atoms with van der Waals surface area (Å²) in [5, 5.41) is 18.8. The average molecular weight is 338 g/mol. The highest BCUT2D eigenvalue weighted by atomic mass is 16.4. The summed E-state index contributed by atoms with van der Waals surface area (Å²) >= 11 is 0. The zero-order valence-electron chi connectivity index (χ0n) is 13.4. The Morgan fingerprint density at radius 3 is 2.44 bits per heavy atom. The van der Waals surface area contributed by atoms with Crippen LogP contribution in [-0.2, 0) is 11.2 Å². The highest BCUT2D eigenvalue weighted by Gasteiger charge is 2.07. The van der Waals surface area contributed by atoms with Crippen LogP contribution in [0.5, 0.6) is 0 Å². The molecule has 0 bridgehead atoms. The molecule has 6 nitrogen and oxygen atoms in total. The van der Waals surface area contributed by atoms with Crippen molar-refractivity contribution >= 4 is 28.4 Å². The summed E-state index contributed by atoms with van der Waals surface area (Å²) in [7, 11) is 0. The molecule has 0 atom stereocenters. The lowest BCUT2D eigenvalue weighted by Gasteiger charge is -1.99. The number of carbonyl (C=O) groups is 2. The van der Waals surface area contributed by atoms with E-state index in [2.05, 4.69) is 4.98 Å². The number of pyridine rings is 1. The summed E-state index contributed by atoms with van der Waals surface area (Å²) < 4.78 is 0. The molecule has 6 heteroatoms. The topological polar surface area (TPSA) is 114 Å². The first kappa shape index (κ1) is 17.9. The molecule has 2 aromatic carbocycles. The van der Waals surface area contributed by atoms with Gasteiger partial charge in [-0.25, -0.2) is 9.78 Å². The van der Waals surface area contributed by atoms with Crippen molar-refractivity contribution in [1.29, 1.82) is 0 Å². The Hall–Kier alpha value is -3.41. The van der Waals surface area contributed by atoms with Crippen LogP contribution in [0, 0.1) is 0 Å². The SMILES string of the molecule is Nc1cccc(CCC(=O)O)c1.O=C(O)c1nccc2ccccc12. The summed E-state index contributed by atoms with van der Waals surface area (Å²) in [6, 6.07) is 16.4. The molecule has 25 heavy (non-hydrogen) atoms. The second kappa shape index (κ2) is 8.44. The van der Waals surface area contributed by atoms with Crippen LogP contribution in [-0.4, -0.2) is 27.1 Å². The lowest BCUT2D eigenvalue weighted by atomic mass is 10.1. The number of aryl methyl sites for hydroxylation is 1. The summed E-state index contributed by atoms with van der Waals surface area (Å²) in [6.45, 7) is 0. The normalized spacial score (nSPS) is 9.92. The van der Waals surface area contributed by atoms with E-state index in [1.54, 1.807) is 30.3 Å². The Bertz CT molecular complexity index is 888. The largest absolute Gasteiger partial charge is 0.481 e. The van der Waals surface area contributed by atoms with Crippen molar-refractivity contribution in [2.75, 3.05) is 5.73 Å². The standard InChI is InChI=1S/C10H7NO2.C9H11NO2/c12-10(13)9-8-4-2-1-3-7(8)5-6-11-9;10-8-3-1-2-7(6-8)4-5-9(11)12/h1-6H,(H,12,13);1-3,6H,4-5,10H2,(H,11,12). The van der Waals surface area contributed by atoms with E-state index in [9.17, 15) is 9.59 Å². The molecular weight excluding hydrogens is 320 g/mol. The lowest BCUT2D eigenvalue weighted by Crippen LogP contribution is -2.00. The van der Waals surface area contributed by atoms with E-state index in [0.29, 0.717) is 17.5 Å². The number of benzene rings is 2. The number of hydrogen-bond acceptors (Lipinski definition) is 4. The molecule has 4 N–H and O–H groups in total. The van der Waals surface area contributed by atoms with E-state index in [4.69, 9.17) is 15.9 Å². The van der Waals surface area contributed by atoms with Crippen molar-refractivity contribution in [2.45, 2.75) is 12.8 Å². The van der Waals surface area contributed by atoms with Gasteiger partial charge in [-0.3, -0.25) is 4.79 Å². The first-order valence-electron chi connectivity index (χ1n) is 7.60. The highest BCUT2D eigenvalue weighted by Crippen LogP contribution is 2.15. The van der Waals surface area contributed by atoms with Gasteiger partial charge < -0.3 is 15.9 Å². The Morgan fingerprint density at radius 1 is 1.00 bits per heavy atom. The maximum absolute atomic E-state index is 10.8. The predicted octanol–water partition coefficient (Wildman–Crippen LogP) is 3.22. The number of nitrogens with two attached hydrogens (primary N) is 1. The first-order valence-corrected chi connectivity index (χ1v) is 7.60. The van der Waals surface area contributed by atoms with E-state index in [0.717, 1.165) is 10.9 Å². The van der Waals surface area contributed by atoms with Gasteiger partial charge in [-0.1, -0.05) is 36.4 Å². The number of anilines is 1. The molecule has 1 heterocycles. The number of nitrogen functional groups attached to an aromatic ring is 1. The number of aliphatic carboxylic acids is 1. The van der Waals surface area contributed by atoms with Crippen LogP contribution in [0.2, 0.25) is 0 Å². The van der Waals surface area contributed by atoms with Gasteiger partial charge in [0.05, 0.1) is 0 Å². The number of hydrogen-bond donors (Lipinski definition) is 3. The van der Waals surface area contributed by atoms with Gasteiger partial charge in [0.25, 0.3) is 0 Å². The van der Waals surface area contributed by atoms with Crippen molar-refractivity contribution in [3.63, 3.8) is 0 Å². The van der Waals surface area contributed by atoms with Gasteiger partial charge in [-0.15, -0.1) is 0 Å². The van der Waals surface area contributed by atoms with E-state index < -0.39 is 11.9 Å². The smallest absolute Gasteiger partial charge is 0.355 e. The molecule has 0 radical (unpaired) electrons.